The van der Waals surface area contributed by atoms with Crippen LogP contribution in [0.4, 0.5) is 0 Å². The number of thiophene rings is 1. The van der Waals surface area contributed by atoms with Gasteiger partial charge in [0.1, 0.15) is 0 Å². The van der Waals surface area contributed by atoms with Crippen molar-refractivity contribution in [3.05, 3.63) is 31.8 Å². The van der Waals surface area contributed by atoms with Gasteiger partial charge in [0.15, 0.2) is 0 Å². The highest BCUT2D eigenvalue weighted by atomic mass is 79.9. The van der Waals surface area contributed by atoms with Gasteiger partial charge < -0.3 is 4.98 Å². The second-order valence-electron chi connectivity index (χ2n) is 2.81. The number of nitrogens with one attached hydrogen (secondary N) is 1. The fourth-order valence-electron chi connectivity index (χ4n) is 1.27. The largest absolute Gasteiger partial charge is 0.321 e. The topological polar surface area (TPSA) is 32.9 Å². The summed E-state index contributed by atoms with van der Waals surface area (Å²) in [4.78, 5) is 14.3. The Hall–Kier alpha value is -0.610. The number of fused-ring (bicyclic) bond motifs is 1. The zero-order valence-corrected chi connectivity index (χ0v) is 9.46. The van der Waals surface area contributed by atoms with Crippen LogP contribution in [0.2, 0.25) is 0 Å². The van der Waals surface area contributed by atoms with Gasteiger partial charge in [0.25, 0.3) is 5.56 Å². The SMILES string of the molecule is CCc1cc2sc(Br)cc2[nH]c1=O. The Balaban J connectivity index is 2.80. The van der Waals surface area contributed by atoms with Crippen LogP contribution in [0, 0.1) is 0 Å². The van der Waals surface area contributed by atoms with E-state index in [-0.39, 0.29) is 5.56 Å². The number of pyridine rings is 1. The highest BCUT2D eigenvalue weighted by Gasteiger charge is 2.03. The Kier molecular flexibility index (Phi) is 2.26. The molecule has 2 aromatic heterocycles. The van der Waals surface area contributed by atoms with Crippen LogP contribution >= 0.6 is 27.3 Å². The van der Waals surface area contributed by atoms with Gasteiger partial charge in [-0.25, -0.2) is 0 Å². The molecule has 0 atom stereocenters. The van der Waals surface area contributed by atoms with Gasteiger partial charge in [-0.05, 0) is 34.5 Å². The zero-order valence-electron chi connectivity index (χ0n) is 7.06. The van der Waals surface area contributed by atoms with Crippen LogP contribution in [0.15, 0.2) is 20.7 Å². The van der Waals surface area contributed by atoms with Gasteiger partial charge in [-0.2, -0.15) is 0 Å². The standard InChI is InChI=1S/C9H8BrNOS/c1-2-5-3-7-6(11-9(5)12)4-8(10)13-7/h3-4H,2H2,1H3,(H,11,12). The molecule has 0 fully saturated rings. The van der Waals surface area contributed by atoms with Crippen LogP contribution in [0.25, 0.3) is 10.2 Å². The van der Waals surface area contributed by atoms with Crippen molar-refractivity contribution in [1.29, 1.82) is 0 Å². The molecule has 2 heterocycles. The fraction of sp³-hybridized carbons (Fsp3) is 0.222. The highest BCUT2D eigenvalue weighted by Crippen LogP contribution is 2.27. The average Bonchev–Trinajstić information content (AvgIpc) is 2.42. The van der Waals surface area contributed by atoms with Crippen LogP contribution in [-0.2, 0) is 6.42 Å². The summed E-state index contributed by atoms with van der Waals surface area (Å²) in [5, 5.41) is 0. The maximum Gasteiger partial charge on any atom is 0.251 e. The van der Waals surface area contributed by atoms with E-state index >= 15 is 0 Å². The van der Waals surface area contributed by atoms with Crippen molar-refractivity contribution >= 4 is 37.5 Å². The van der Waals surface area contributed by atoms with E-state index in [1.165, 1.54) is 0 Å². The summed E-state index contributed by atoms with van der Waals surface area (Å²) < 4.78 is 2.18. The number of H-pyrrole nitrogens is 1. The van der Waals surface area contributed by atoms with Gasteiger partial charge in [-0.15, -0.1) is 11.3 Å². The average molecular weight is 258 g/mol. The molecule has 0 amide bonds. The summed E-state index contributed by atoms with van der Waals surface area (Å²) in [5.41, 5.74) is 1.79. The van der Waals surface area contributed by atoms with Crippen molar-refractivity contribution in [2.24, 2.45) is 0 Å². The summed E-state index contributed by atoms with van der Waals surface area (Å²) in [6.07, 6.45) is 0.779. The minimum absolute atomic E-state index is 0.0281. The highest BCUT2D eigenvalue weighted by molar-refractivity contribution is 9.11. The Labute approximate surface area is 87.7 Å². The molecule has 0 saturated carbocycles. The van der Waals surface area contributed by atoms with Crippen LogP contribution in [0.1, 0.15) is 12.5 Å². The van der Waals surface area contributed by atoms with E-state index in [1.807, 2.05) is 19.1 Å². The molecule has 1 N–H and O–H groups in total. The predicted octanol–water partition coefficient (Wildman–Crippen LogP) is 2.91. The van der Waals surface area contributed by atoms with E-state index < -0.39 is 0 Å². The Morgan fingerprint density at radius 3 is 3.00 bits per heavy atom. The lowest BCUT2D eigenvalue weighted by molar-refractivity contribution is 1.08. The second kappa shape index (κ2) is 3.27. The molecule has 2 rings (SSSR count). The van der Waals surface area contributed by atoms with Crippen LogP contribution < -0.4 is 5.56 Å². The van der Waals surface area contributed by atoms with E-state index in [0.717, 1.165) is 26.0 Å². The van der Waals surface area contributed by atoms with Crippen LogP contribution in [-0.4, -0.2) is 4.98 Å². The molecule has 0 aliphatic heterocycles. The number of rotatable bonds is 1. The molecule has 0 aliphatic rings. The molecule has 0 aliphatic carbocycles. The summed E-state index contributed by atoms with van der Waals surface area (Å²) in [7, 11) is 0. The number of aromatic nitrogens is 1. The molecule has 0 unspecified atom stereocenters. The molecule has 0 aromatic carbocycles. The van der Waals surface area contributed by atoms with Crippen molar-refractivity contribution in [2.75, 3.05) is 0 Å². The van der Waals surface area contributed by atoms with Gasteiger partial charge in [0, 0.05) is 5.56 Å². The van der Waals surface area contributed by atoms with Crippen molar-refractivity contribution in [3.8, 4) is 0 Å². The fourth-order valence-corrected chi connectivity index (χ4v) is 2.83. The Morgan fingerprint density at radius 2 is 2.31 bits per heavy atom. The molecule has 0 saturated heterocycles. The number of hydrogen-bond donors (Lipinski definition) is 1. The minimum atomic E-state index is 0.0281. The minimum Gasteiger partial charge on any atom is -0.321 e. The van der Waals surface area contributed by atoms with Gasteiger partial charge in [0.05, 0.1) is 14.0 Å². The third-order valence-electron chi connectivity index (χ3n) is 1.96. The van der Waals surface area contributed by atoms with Gasteiger partial charge in [0.2, 0.25) is 0 Å². The van der Waals surface area contributed by atoms with E-state index in [9.17, 15) is 4.79 Å². The van der Waals surface area contributed by atoms with E-state index in [4.69, 9.17) is 0 Å². The number of halogens is 1. The number of aryl methyl sites for hydroxylation is 1. The lowest BCUT2D eigenvalue weighted by Crippen LogP contribution is -2.10. The van der Waals surface area contributed by atoms with E-state index in [1.54, 1.807) is 11.3 Å². The molecule has 0 bridgehead atoms. The number of aromatic amines is 1. The second-order valence-corrected chi connectivity index (χ2v) is 5.27. The normalized spacial score (nSPS) is 10.9. The quantitative estimate of drug-likeness (QED) is 0.838. The molecular weight excluding hydrogens is 250 g/mol. The van der Waals surface area contributed by atoms with Gasteiger partial charge in [-0.3, -0.25) is 4.79 Å². The zero-order chi connectivity index (χ0) is 9.42. The van der Waals surface area contributed by atoms with Gasteiger partial charge in [-0.1, -0.05) is 6.92 Å². The smallest absolute Gasteiger partial charge is 0.251 e. The Bertz CT molecular complexity index is 500. The molecule has 0 spiro atoms. The molecule has 2 nitrogen and oxygen atoms in total. The summed E-state index contributed by atoms with van der Waals surface area (Å²) in [6.45, 7) is 1.99. The maximum absolute atomic E-state index is 11.4. The summed E-state index contributed by atoms with van der Waals surface area (Å²) >= 11 is 5.03. The summed E-state index contributed by atoms with van der Waals surface area (Å²) in [5.74, 6) is 0. The molecule has 0 radical (unpaired) electrons. The van der Waals surface area contributed by atoms with Crippen molar-refractivity contribution in [1.82, 2.24) is 4.98 Å². The number of hydrogen-bond acceptors (Lipinski definition) is 2. The Morgan fingerprint density at radius 1 is 1.54 bits per heavy atom. The first-order valence-corrected chi connectivity index (χ1v) is 5.63. The molecule has 13 heavy (non-hydrogen) atoms. The first kappa shape index (κ1) is 8.97. The maximum atomic E-state index is 11.4. The van der Waals surface area contributed by atoms with Crippen LogP contribution in [0.3, 0.4) is 0 Å². The third-order valence-corrected chi connectivity index (χ3v) is 3.54. The lowest BCUT2D eigenvalue weighted by Gasteiger charge is -1.94. The molecule has 68 valence electrons. The van der Waals surface area contributed by atoms with E-state index in [2.05, 4.69) is 20.9 Å². The predicted molar refractivity (Wildman–Crippen MR) is 59.5 cm³/mol. The third kappa shape index (κ3) is 1.56. The monoisotopic (exact) mass is 257 g/mol. The molecular formula is C9H8BrNOS. The van der Waals surface area contributed by atoms with Crippen LogP contribution in [0.5, 0.6) is 0 Å². The van der Waals surface area contributed by atoms with Crippen molar-refractivity contribution < 1.29 is 0 Å². The van der Waals surface area contributed by atoms with Crippen molar-refractivity contribution in [3.63, 3.8) is 0 Å². The molecule has 4 heteroatoms. The van der Waals surface area contributed by atoms with Crippen molar-refractivity contribution in [2.45, 2.75) is 13.3 Å². The first-order valence-electron chi connectivity index (χ1n) is 4.02. The summed E-state index contributed by atoms with van der Waals surface area (Å²) in [6, 6.07) is 3.89. The van der Waals surface area contributed by atoms with Gasteiger partial charge >= 0.3 is 0 Å². The molecule has 2 aromatic rings. The van der Waals surface area contributed by atoms with E-state index in [0.29, 0.717) is 0 Å². The lowest BCUT2D eigenvalue weighted by atomic mass is 10.2. The first-order chi connectivity index (χ1) is 6.20.